The molecule has 0 bridgehead atoms. The zero-order chi connectivity index (χ0) is 14.8. The maximum atomic E-state index is 12.3. The van der Waals surface area contributed by atoms with E-state index < -0.39 is 0 Å². The summed E-state index contributed by atoms with van der Waals surface area (Å²) in [6.07, 6.45) is 4.20. The van der Waals surface area contributed by atoms with Gasteiger partial charge in [0.05, 0.1) is 13.2 Å². The van der Waals surface area contributed by atoms with Gasteiger partial charge in [0.25, 0.3) is 0 Å². The second kappa shape index (κ2) is 6.03. The van der Waals surface area contributed by atoms with Crippen molar-refractivity contribution in [3.05, 3.63) is 17.3 Å². The average Bonchev–Trinajstić information content (AvgIpc) is 3.20. The van der Waals surface area contributed by atoms with Crippen LogP contribution in [0.2, 0.25) is 0 Å². The molecule has 3 rings (SSSR count). The molecular formula is C14H20N4O2S. The number of nitrogens with one attached hydrogen (secondary N) is 1. The highest BCUT2D eigenvalue weighted by molar-refractivity contribution is 7.15. The molecule has 1 aliphatic heterocycles. The minimum absolute atomic E-state index is 0.178. The summed E-state index contributed by atoms with van der Waals surface area (Å²) in [6, 6.07) is -0.197. The van der Waals surface area contributed by atoms with Crippen LogP contribution in [-0.4, -0.2) is 46.4 Å². The van der Waals surface area contributed by atoms with Crippen LogP contribution >= 0.6 is 11.3 Å². The van der Waals surface area contributed by atoms with Crippen molar-refractivity contribution in [1.29, 1.82) is 0 Å². The Hall–Kier alpha value is -1.60. The summed E-state index contributed by atoms with van der Waals surface area (Å²) >= 11 is 1.57. The molecule has 2 aromatic heterocycles. The Morgan fingerprint density at radius 2 is 2.29 bits per heavy atom. The molecule has 114 valence electrons. The summed E-state index contributed by atoms with van der Waals surface area (Å²) in [5.41, 5.74) is 0.954. The fourth-order valence-electron chi connectivity index (χ4n) is 2.69. The number of imidazole rings is 1. The SMILES string of the molecule is COc1nc2sccn2c1CNC(C)C(=O)N1CCCC1. The fourth-order valence-corrected chi connectivity index (χ4v) is 3.41. The predicted molar refractivity (Wildman–Crippen MR) is 81.7 cm³/mol. The molecule has 1 fully saturated rings. The molecule has 1 aliphatic rings. The summed E-state index contributed by atoms with van der Waals surface area (Å²) in [5, 5.41) is 5.28. The number of hydrogen-bond acceptors (Lipinski definition) is 5. The van der Waals surface area contributed by atoms with E-state index in [0.717, 1.165) is 36.6 Å². The first kappa shape index (κ1) is 14.3. The van der Waals surface area contributed by atoms with Gasteiger partial charge in [-0.2, -0.15) is 4.98 Å². The Labute approximate surface area is 127 Å². The van der Waals surface area contributed by atoms with Crippen molar-refractivity contribution in [2.75, 3.05) is 20.2 Å². The summed E-state index contributed by atoms with van der Waals surface area (Å²) in [5.74, 6) is 0.799. The molecule has 0 aromatic carbocycles. The van der Waals surface area contributed by atoms with Gasteiger partial charge >= 0.3 is 0 Å². The van der Waals surface area contributed by atoms with Crippen molar-refractivity contribution < 1.29 is 9.53 Å². The van der Waals surface area contributed by atoms with E-state index in [4.69, 9.17) is 4.74 Å². The third-order valence-corrected chi connectivity index (χ3v) is 4.64. The smallest absolute Gasteiger partial charge is 0.239 e. The van der Waals surface area contributed by atoms with E-state index >= 15 is 0 Å². The van der Waals surface area contributed by atoms with E-state index in [9.17, 15) is 4.79 Å². The van der Waals surface area contributed by atoms with E-state index in [-0.39, 0.29) is 11.9 Å². The fraction of sp³-hybridized carbons (Fsp3) is 0.571. The van der Waals surface area contributed by atoms with Crippen molar-refractivity contribution >= 4 is 22.2 Å². The Morgan fingerprint density at radius 3 is 3.00 bits per heavy atom. The maximum Gasteiger partial charge on any atom is 0.239 e. The van der Waals surface area contributed by atoms with Crippen molar-refractivity contribution in [2.24, 2.45) is 0 Å². The van der Waals surface area contributed by atoms with Crippen LogP contribution in [0.3, 0.4) is 0 Å². The van der Waals surface area contributed by atoms with Gasteiger partial charge in [0, 0.05) is 31.2 Å². The number of rotatable bonds is 5. The van der Waals surface area contributed by atoms with Crippen molar-refractivity contribution in [3.63, 3.8) is 0 Å². The lowest BCUT2D eigenvalue weighted by molar-refractivity contribution is -0.132. The number of carbonyl (C=O) groups is 1. The van der Waals surface area contributed by atoms with Gasteiger partial charge < -0.3 is 15.0 Å². The number of amides is 1. The number of likely N-dealkylation sites (tertiary alicyclic amines) is 1. The largest absolute Gasteiger partial charge is 0.480 e. The van der Waals surface area contributed by atoms with E-state index in [1.54, 1.807) is 18.4 Å². The molecule has 6 nitrogen and oxygen atoms in total. The molecule has 0 saturated carbocycles. The van der Waals surface area contributed by atoms with E-state index in [0.29, 0.717) is 12.4 Å². The van der Waals surface area contributed by atoms with Gasteiger partial charge in [-0.15, -0.1) is 11.3 Å². The summed E-state index contributed by atoms with van der Waals surface area (Å²) in [7, 11) is 1.62. The minimum Gasteiger partial charge on any atom is -0.480 e. The monoisotopic (exact) mass is 308 g/mol. The number of aromatic nitrogens is 2. The topological polar surface area (TPSA) is 58.9 Å². The molecule has 0 radical (unpaired) electrons. The van der Waals surface area contributed by atoms with Crippen LogP contribution in [0.4, 0.5) is 0 Å². The second-order valence-corrected chi connectivity index (χ2v) is 6.13. The van der Waals surface area contributed by atoms with E-state index in [2.05, 4.69) is 10.3 Å². The Kier molecular flexibility index (Phi) is 4.12. The quantitative estimate of drug-likeness (QED) is 0.909. The molecule has 21 heavy (non-hydrogen) atoms. The number of thiazole rings is 1. The number of carbonyl (C=O) groups excluding carboxylic acids is 1. The summed E-state index contributed by atoms with van der Waals surface area (Å²) in [4.78, 5) is 19.5. The molecule has 1 amide bonds. The molecule has 0 spiro atoms. The molecule has 2 aromatic rings. The Morgan fingerprint density at radius 1 is 1.52 bits per heavy atom. The average molecular weight is 308 g/mol. The van der Waals surface area contributed by atoms with E-state index in [1.165, 1.54) is 0 Å². The van der Waals surface area contributed by atoms with Crippen LogP contribution in [0.15, 0.2) is 11.6 Å². The van der Waals surface area contributed by atoms with Crippen LogP contribution in [-0.2, 0) is 11.3 Å². The Balaban J connectivity index is 1.67. The number of nitrogens with zero attached hydrogens (tertiary/aromatic N) is 3. The first-order valence-corrected chi connectivity index (χ1v) is 8.09. The lowest BCUT2D eigenvalue weighted by Gasteiger charge is -2.21. The molecule has 0 aliphatic carbocycles. The van der Waals surface area contributed by atoms with Crippen molar-refractivity contribution in [1.82, 2.24) is 19.6 Å². The van der Waals surface area contributed by atoms with Crippen LogP contribution in [0.25, 0.3) is 4.96 Å². The van der Waals surface area contributed by atoms with E-state index in [1.807, 2.05) is 27.8 Å². The molecular weight excluding hydrogens is 288 g/mol. The highest BCUT2D eigenvalue weighted by Gasteiger charge is 2.23. The third-order valence-electron chi connectivity index (χ3n) is 3.88. The Bertz CT molecular complexity index is 630. The first-order chi connectivity index (χ1) is 10.2. The minimum atomic E-state index is -0.197. The van der Waals surface area contributed by atoms with Gasteiger partial charge in [-0.05, 0) is 19.8 Å². The molecule has 1 saturated heterocycles. The second-order valence-electron chi connectivity index (χ2n) is 5.26. The van der Waals surface area contributed by atoms with Gasteiger partial charge in [0.1, 0.15) is 5.69 Å². The lowest BCUT2D eigenvalue weighted by atomic mass is 10.3. The first-order valence-electron chi connectivity index (χ1n) is 7.21. The molecule has 1 atom stereocenters. The van der Waals surface area contributed by atoms with Crippen molar-refractivity contribution in [3.8, 4) is 5.88 Å². The normalized spacial score (nSPS) is 16.6. The van der Waals surface area contributed by atoms with Gasteiger partial charge in [-0.1, -0.05) is 0 Å². The highest BCUT2D eigenvalue weighted by Crippen LogP contribution is 2.23. The van der Waals surface area contributed by atoms with Gasteiger partial charge in [0.15, 0.2) is 4.96 Å². The number of ether oxygens (including phenoxy) is 1. The number of methoxy groups -OCH3 is 1. The standard InChI is InChI=1S/C14H20N4O2S/c1-10(13(19)17-5-3-4-6-17)15-9-11-12(20-2)16-14-18(11)7-8-21-14/h7-8,10,15H,3-6,9H2,1-2H3. The highest BCUT2D eigenvalue weighted by atomic mass is 32.1. The molecule has 7 heteroatoms. The zero-order valence-electron chi connectivity index (χ0n) is 12.3. The molecule has 1 unspecified atom stereocenters. The van der Waals surface area contributed by atoms with Crippen LogP contribution in [0.1, 0.15) is 25.5 Å². The maximum absolute atomic E-state index is 12.3. The zero-order valence-corrected chi connectivity index (χ0v) is 13.2. The molecule has 3 heterocycles. The van der Waals surface area contributed by atoms with Gasteiger partial charge in [-0.3, -0.25) is 9.20 Å². The van der Waals surface area contributed by atoms with Gasteiger partial charge in [0.2, 0.25) is 11.8 Å². The lowest BCUT2D eigenvalue weighted by Crippen LogP contribution is -2.43. The predicted octanol–water partition coefficient (Wildman–Crippen LogP) is 1.50. The number of hydrogen-bond donors (Lipinski definition) is 1. The van der Waals surface area contributed by atoms with Crippen LogP contribution in [0, 0.1) is 0 Å². The third kappa shape index (κ3) is 2.75. The summed E-state index contributed by atoms with van der Waals surface area (Å²) in [6.45, 7) is 4.24. The van der Waals surface area contributed by atoms with Gasteiger partial charge in [-0.25, -0.2) is 0 Å². The van der Waals surface area contributed by atoms with Crippen LogP contribution < -0.4 is 10.1 Å². The molecule has 1 N–H and O–H groups in total. The summed E-state index contributed by atoms with van der Waals surface area (Å²) < 4.78 is 7.32. The van der Waals surface area contributed by atoms with Crippen LogP contribution in [0.5, 0.6) is 5.88 Å². The number of fused-ring (bicyclic) bond motifs is 1. The van der Waals surface area contributed by atoms with Crippen molar-refractivity contribution in [2.45, 2.75) is 32.4 Å².